The summed E-state index contributed by atoms with van der Waals surface area (Å²) in [5, 5.41) is 0. The van der Waals surface area contributed by atoms with Crippen LogP contribution in [0.4, 0.5) is 0 Å². The lowest BCUT2D eigenvalue weighted by atomic mass is 9.62. The minimum atomic E-state index is -0.984. The van der Waals surface area contributed by atoms with Crippen molar-refractivity contribution >= 4 is 17.9 Å². The topological polar surface area (TPSA) is 97.4 Å². The molecule has 8 heteroatoms. The average molecular weight is 290 g/mol. The van der Waals surface area contributed by atoms with Crippen LogP contribution in [-0.4, -0.2) is 59.2 Å². The molecule has 0 spiro atoms. The molecule has 0 bridgehead atoms. The first kappa shape index (κ1) is 16.4. The number of carbonyl (C=O) groups excluding carboxylic acids is 3. The molecule has 20 heavy (non-hydrogen) atoms. The van der Waals surface area contributed by atoms with Gasteiger partial charge >= 0.3 is 17.9 Å². The summed E-state index contributed by atoms with van der Waals surface area (Å²) in [6.07, 6.45) is -0.848. The molecule has 0 aromatic rings. The predicted molar refractivity (Wildman–Crippen MR) is 63.3 cm³/mol. The highest BCUT2D eigenvalue weighted by molar-refractivity contribution is 5.91. The van der Waals surface area contributed by atoms with E-state index in [4.69, 9.17) is 9.47 Å². The Morgan fingerprint density at radius 3 is 1.50 bits per heavy atom. The van der Waals surface area contributed by atoms with Crippen molar-refractivity contribution < 1.29 is 38.1 Å². The van der Waals surface area contributed by atoms with Gasteiger partial charge in [0.1, 0.15) is 6.79 Å². The zero-order valence-corrected chi connectivity index (χ0v) is 11.8. The minimum absolute atomic E-state index is 0.125. The van der Waals surface area contributed by atoms with E-state index >= 15 is 0 Å². The smallest absolute Gasteiger partial charge is 0.312 e. The van der Waals surface area contributed by atoms with Gasteiger partial charge in [0.05, 0.1) is 45.2 Å². The van der Waals surface area contributed by atoms with Gasteiger partial charge in [-0.25, -0.2) is 0 Å². The molecule has 0 aromatic carbocycles. The van der Waals surface area contributed by atoms with Crippen LogP contribution in [0.3, 0.4) is 0 Å². The zero-order valence-electron chi connectivity index (χ0n) is 11.8. The molecule has 1 saturated carbocycles. The molecule has 0 radical (unpaired) electrons. The molecule has 0 amide bonds. The normalized spacial score (nSPS) is 28.2. The second kappa shape index (κ2) is 7.20. The maximum absolute atomic E-state index is 11.8. The monoisotopic (exact) mass is 290 g/mol. The second-order valence-electron chi connectivity index (χ2n) is 4.18. The summed E-state index contributed by atoms with van der Waals surface area (Å²) in [4.78, 5) is 35.3. The Morgan fingerprint density at radius 1 is 0.750 bits per heavy atom. The number of ether oxygens (including phenoxy) is 5. The molecule has 1 aliphatic carbocycles. The maximum atomic E-state index is 11.8. The van der Waals surface area contributed by atoms with E-state index in [1.165, 1.54) is 28.4 Å². The number of esters is 3. The molecule has 1 fully saturated rings. The second-order valence-corrected chi connectivity index (χ2v) is 4.18. The standard InChI is InChI=1S/C12H18O8/c1-16-5-20-9-7(11(14)18-3)6(10(13)17-2)8(9)12(15)19-4/h6-9H,5H2,1-4H3. The Kier molecular flexibility index (Phi) is 5.90. The molecule has 0 N–H and O–H groups in total. The summed E-state index contributed by atoms with van der Waals surface area (Å²) < 4.78 is 23.9. The van der Waals surface area contributed by atoms with Crippen molar-refractivity contribution in [1.82, 2.24) is 0 Å². The quantitative estimate of drug-likeness (QED) is 0.362. The highest BCUT2D eigenvalue weighted by atomic mass is 16.7. The molecule has 114 valence electrons. The Bertz CT molecular complexity index is 356. The van der Waals surface area contributed by atoms with Crippen LogP contribution in [0.15, 0.2) is 0 Å². The first-order valence-electron chi connectivity index (χ1n) is 5.87. The molecule has 2 atom stereocenters. The van der Waals surface area contributed by atoms with Crippen molar-refractivity contribution in [3.05, 3.63) is 0 Å². The maximum Gasteiger partial charge on any atom is 0.312 e. The number of hydrogen-bond acceptors (Lipinski definition) is 8. The Labute approximate surface area is 116 Å². The summed E-state index contributed by atoms with van der Waals surface area (Å²) >= 11 is 0. The zero-order chi connectivity index (χ0) is 15.3. The highest BCUT2D eigenvalue weighted by Crippen LogP contribution is 2.45. The highest BCUT2D eigenvalue weighted by Gasteiger charge is 2.63. The summed E-state index contributed by atoms with van der Waals surface area (Å²) in [6.45, 7) is -0.125. The minimum Gasteiger partial charge on any atom is -0.469 e. The van der Waals surface area contributed by atoms with E-state index in [2.05, 4.69) is 14.2 Å². The third kappa shape index (κ3) is 2.91. The Morgan fingerprint density at radius 2 is 1.15 bits per heavy atom. The van der Waals surface area contributed by atoms with Crippen LogP contribution >= 0.6 is 0 Å². The van der Waals surface area contributed by atoms with Gasteiger partial charge in [-0.05, 0) is 0 Å². The van der Waals surface area contributed by atoms with Crippen molar-refractivity contribution in [3.8, 4) is 0 Å². The SMILES string of the molecule is COCOC1C(C(=O)OC)C(C(=O)OC)C1C(=O)OC. The van der Waals surface area contributed by atoms with Gasteiger partial charge in [0.15, 0.2) is 0 Å². The molecule has 8 nitrogen and oxygen atoms in total. The Hall–Kier alpha value is -1.67. The lowest BCUT2D eigenvalue weighted by Crippen LogP contribution is -2.62. The van der Waals surface area contributed by atoms with Crippen LogP contribution in [0.1, 0.15) is 0 Å². The molecular formula is C12H18O8. The van der Waals surface area contributed by atoms with Crippen molar-refractivity contribution in [3.63, 3.8) is 0 Å². The van der Waals surface area contributed by atoms with Gasteiger partial charge in [-0.15, -0.1) is 0 Å². The molecule has 1 aliphatic rings. The average Bonchev–Trinajstić information content (AvgIpc) is 2.45. The number of hydrogen-bond donors (Lipinski definition) is 0. The summed E-state index contributed by atoms with van der Waals surface area (Å²) in [6, 6.07) is 0. The number of carbonyl (C=O) groups is 3. The summed E-state index contributed by atoms with van der Waals surface area (Å²) in [7, 11) is 4.95. The van der Waals surface area contributed by atoms with E-state index in [-0.39, 0.29) is 6.79 Å². The van der Waals surface area contributed by atoms with Crippen molar-refractivity contribution in [2.75, 3.05) is 35.2 Å². The van der Waals surface area contributed by atoms with Crippen LogP contribution in [0, 0.1) is 17.8 Å². The largest absolute Gasteiger partial charge is 0.469 e. The van der Waals surface area contributed by atoms with Gasteiger partial charge in [-0.3, -0.25) is 14.4 Å². The number of rotatable bonds is 6. The summed E-state index contributed by atoms with van der Waals surface area (Å²) in [5.41, 5.74) is 0. The number of methoxy groups -OCH3 is 4. The van der Waals surface area contributed by atoms with E-state index in [9.17, 15) is 14.4 Å². The van der Waals surface area contributed by atoms with Crippen molar-refractivity contribution in [1.29, 1.82) is 0 Å². The fourth-order valence-electron chi connectivity index (χ4n) is 2.33. The van der Waals surface area contributed by atoms with E-state index in [0.29, 0.717) is 0 Å². The third-order valence-corrected chi connectivity index (χ3v) is 3.28. The lowest BCUT2D eigenvalue weighted by molar-refractivity contribution is -0.218. The fraction of sp³-hybridized carbons (Fsp3) is 0.750. The van der Waals surface area contributed by atoms with Gasteiger partial charge in [-0.1, -0.05) is 0 Å². The molecule has 0 heterocycles. The van der Waals surface area contributed by atoms with Crippen molar-refractivity contribution in [2.45, 2.75) is 6.10 Å². The molecule has 0 saturated heterocycles. The van der Waals surface area contributed by atoms with Crippen LogP contribution < -0.4 is 0 Å². The van der Waals surface area contributed by atoms with Gasteiger partial charge in [0, 0.05) is 7.11 Å². The summed E-state index contributed by atoms with van der Waals surface area (Å²) in [5.74, 6) is -4.82. The van der Waals surface area contributed by atoms with E-state index in [1.54, 1.807) is 0 Å². The molecule has 0 aliphatic heterocycles. The van der Waals surface area contributed by atoms with Crippen molar-refractivity contribution in [2.24, 2.45) is 17.8 Å². The van der Waals surface area contributed by atoms with Gasteiger partial charge < -0.3 is 23.7 Å². The van der Waals surface area contributed by atoms with Crippen LogP contribution in [0.25, 0.3) is 0 Å². The first-order chi connectivity index (χ1) is 9.53. The van der Waals surface area contributed by atoms with Crippen LogP contribution in [0.5, 0.6) is 0 Å². The van der Waals surface area contributed by atoms with Crippen LogP contribution in [0.2, 0.25) is 0 Å². The van der Waals surface area contributed by atoms with Crippen LogP contribution in [-0.2, 0) is 38.1 Å². The van der Waals surface area contributed by atoms with Gasteiger partial charge in [-0.2, -0.15) is 0 Å². The van der Waals surface area contributed by atoms with E-state index in [1.807, 2.05) is 0 Å². The van der Waals surface area contributed by atoms with Gasteiger partial charge in [0.2, 0.25) is 0 Å². The fourth-order valence-corrected chi connectivity index (χ4v) is 2.33. The lowest BCUT2D eigenvalue weighted by Gasteiger charge is -2.45. The predicted octanol–water partition coefficient (Wildman–Crippen LogP) is -0.643. The van der Waals surface area contributed by atoms with Gasteiger partial charge in [0.25, 0.3) is 0 Å². The molecule has 1 rings (SSSR count). The van der Waals surface area contributed by atoms with E-state index < -0.39 is 41.8 Å². The van der Waals surface area contributed by atoms with E-state index in [0.717, 1.165) is 0 Å². The molecule has 0 aromatic heterocycles. The molecular weight excluding hydrogens is 272 g/mol. The third-order valence-electron chi connectivity index (χ3n) is 3.28. The molecule has 2 unspecified atom stereocenters. The first-order valence-corrected chi connectivity index (χ1v) is 5.87. The Balaban J connectivity index is 2.99.